The van der Waals surface area contributed by atoms with Crippen LogP contribution in [0.3, 0.4) is 0 Å². The van der Waals surface area contributed by atoms with Gasteiger partial charge in [0, 0.05) is 19.1 Å². The van der Waals surface area contributed by atoms with Gasteiger partial charge in [-0.1, -0.05) is 40.0 Å². The highest BCUT2D eigenvalue weighted by molar-refractivity contribution is 7.18. The standard InChI is InChI=1S/C25H41N3O2SSi/c1-25(2,3)32(4,5)30-21-12-18(11-19(21)14-29)20-15-31-23-22(20)27-16-28-24(23)26-13-17-9-7-6-8-10-17/h15-19,21,29H,6-14H2,1-5H3,(H,26,27,28)/t18-,19+,21+/m1/s1. The van der Waals surface area contributed by atoms with Crippen molar-refractivity contribution in [1.82, 2.24) is 9.97 Å². The first-order chi connectivity index (χ1) is 15.2. The van der Waals surface area contributed by atoms with Crippen molar-refractivity contribution in [3.05, 3.63) is 17.3 Å². The summed E-state index contributed by atoms with van der Waals surface area (Å²) >= 11 is 1.76. The lowest BCUT2D eigenvalue weighted by Crippen LogP contribution is -2.45. The molecule has 2 aromatic rings. The molecule has 2 aromatic heterocycles. The molecule has 5 nitrogen and oxygen atoms in total. The van der Waals surface area contributed by atoms with Crippen LogP contribution in [0, 0.1) is 11.8 Å². The van der Waals surface area contributed by atoms with E-state index in [1.807, 2.05) is 0 Å². The Bertz CT molecular complexity index is 904. The van der Waals surface area contributed by atoms with Gasteiger partial charge < -0.3 is 14.8 Å². The lowest BCUT2D eigenvalue weighted by atomic mass is 9.89. The molecule has 3 atom stereocenters. The molecule has 0 radical (unpaired) electrons. The molecule has 0 bridgehead atoms. The lowest BCUT2D eigenvalue weighted by Gasteiger charge is -2.39. The molecule has 7 heteroatoms. The number of aliphatic hydroxyl groups is 1. The highest BCUT2D eigenvalue weighted by atomic mass is 32.1. The van der Waals surface area contributed by atoms with Crippen molar-refractivity contribution in [3.63, 3.8) is 0 Å². The number of anilines is 1. The molecule has 32 heavy (non-hydrogen) atoms. The maximum absolute atomic E-state index is 10.1. The Balaban J connectivity index is 1.50. The van der Waals surface area contributed by atoms with Crippen LogP contribution in [0.5, 0.6) is 0 Å². The second-order valence-corrected chi connectivity index (χ2v) is 17.1. The number of hydrogen-bond acceptors (Lipinski definition) is 6. The molecule has 2 heterocycles. The summed E-state index contributed by atoms with van der Waals surface area (Å²) in [6, 6.07) is 0. The van der Waals surface area contributed by atoms with Crippen LogP contribution in [0.2, 0.25) is 18.1 Å². The summed E-state index contributed by atoms with van der Waals surface area (Å²) in [5.74, 6) is 2.34. The number of nitrogens with zero attached hydrogens (tertiary/aromatic N) is 2. The first-order valence-electron chi connectivity index (χ1n) is 12.4. The van der Waals surface area contributed by atoms with Crippen LogP contribution >= 0.6 is 11.3 Å². The van der Waals surface area contributed by atoms with Crippen molar-refractivity contribution in [2.45, 2.75) is 95.9 Å². The Morgan fingerprint density at radius 1 is 1.16 bits per heavy atom. The average molecular weight is 476 g/mol. The molecular formula is C25H41N3O2SSi. The molecule has 2 saturated carbocycles. The van der Waals surface area contributed by atoms with E-state index < -0.39 is 8.32 Å². The fourth-order valence-electron chi connectivity index (χ4n) is 5.15. The molecule has 0 unspecified atom stereocenters. The summed E-state index contributed by atoms with van der Waals surface area (Å²) in [7, 11) is -1.88. The van der Waals surface area contributed by atoms with Gasteiger partial charge in [-0.25, -0.2) is 9.97 Å². The number of rotatable bonds is 7. The van der Waals surface area contributed by atoms with E-state index in [2.05, 4.69) is 49.5 Å². The topological polar surface area (TPSA) is 67.3 Å². The highest BCUT2D eigenvalue weighted by Gasteiger charge is 2.44. The normalized spacial score (nSPS) is 25.5. The van der Waals surface area contributed by atoms with Gasteiger partial charge in [0.2, 0.25) is 0 Å². The third kappa shape index (κ3) is 5.06. The summed E-state index contributed by atoms with van der Waals surface area (Å²) in [6.07, 6.45) is 10.6. The molecule has 2 aliphatic carbocycles. The van der Waals surface area contributed by atoms with E-state index in [9.17, 15) is 5.11 Å². The molecule has 2 fully saturated rings. The largest absolute Gasteiger partial charge is 0.414 e. The molecule has 4 rings (SSSR count). The summed E-state index contributed by atoms with van der Waals surface area (Å²) in [4.78, 5) is 9.28. The number of nitrogens with one attached hydrogen (secondary N) is 1. The van der Waals surface area contributed by atoms with Crippen molar-refractivity contribution >= 4 is 35.7 Å². The average Bonchev–Trinajstić information content (AvgIpc) is 3.35. The van der Waals surface area contributed by atoms with Gasteiger partial charge in [0.15, 0.2) is 8.32 Å². The number of thiophene rings is 1. The van der Waals surface area contributed by atoms with E-state index in [1.54, 1.807) is 17.7 Å². The minimum absolute atomic E-state index is 0.131. The molecule has 0 aromatic carbocycles. The van der Waals surface area contributed by atoms with Crippen LogP contribution in [-0.4, -0.2) is 42.6 Å². The van der Waals surface area contributed by atoms with Crippen molar-refractivity contribution in [2.75, 3.05) is 18.5 Å². The molecular weight excluding hydrogens is 434 g/mol. The Morgan fingerprint density at radius 3 is 2.59 bits per heavy atom. The van der Waals surface area contributed by atoms with E-state index in [0.29, 0.717) is 5.92 Å². The second kappa shape index (κ2) is 9.69. The second-order valence-electron chi connectivity index (χ2n) is 11.5. The van der Waals surface area contributed by atoms with Crippen LogP contribution < -0.4 is 5.32 Å². The van der Waals surface area contributed by atoms with E-state index in [-0.39, 0.29) is 23.7 Å². The summed E-state index contributed by atoms with van der Waals surface area (Å²) < 4.78 is 7.95. The third-order valence-electron chi connectivity index (χ3n) is 8.22. The predicted molar refractivity (Wildman–Crippen MR) is 137 cm³/mol. The van der Waals surface area contributed by atoms with Gasteiger partial charge in [-0.3, -0.25) is 0 Å². The highest BCUT2D eigenvalue weighted by Crippen LogP contribution is 2.47. The zero-order chi connectivity index (χ0) is 22.9. The first kappa shape index (κ1) is 24.1. The number of hydrogen-bond donors (Lipinski definition) is 2. The summed E-state index contributed by atoms with van der Waals surface area (Å²) in [6.45, 7) is 12.7. The molecule has 0 spiro atoms. The van der Waals surface area contributed by atoms with Crippen molar-refractivity contribution in [3.8, 4) is 0 Å². The van der Waals surface area contributed by atoms with Gasteiger partial charge in [-0.2, -0.15) is 0 Å². The zero-order valence-corrected chi connectivity index (χ0v) is 22.3. The Kier molecular flexibility index (Phi) is 7.30. The van der Waals surface area contributed by atoms with E-state index in [0.717, 1.165) is 36.6 Å². The van der Waals surface area contributed by atoms with Crippen molar-refractivity contribution < 1.29 is 9.53 Å². The molecule has 0 saturated heterocycles. The monoisotopic (exact) mass is 475 g/mol. The van der Waals surface area contributed by atoms with Gasteiger partial charge >= 0.3 is 0 Å². The van der Waals surface area contributed by atoms with E-state index in [4.69, 9.17) is 9.41 Å². The van der Waals surface area contributed by atoms with Crippen LogP contribution in [0.25, 0.3) is 10.2 Å². The maximum atomic E-state index is 10.1. The zero-order valence-electron chi connectivity index (χ0n) is 20.5. The molecule has 0 amide bonds. The minimum Gasteiger partial charge on any atom is -0.414 e. The van der Waals surface area contributed by atoms with Gasteiger partial charge in [-0.15, -0.1) is 11.3 Å². The van der Waals surface area contributed by atoms with Gasteiger partial charge in [0.1, 0.15) is 12.1 Å². The van der Waals surface area contributed by atoms with Crippen LogP contribution in [0.1, 0.15) is 77.2 Å². The fourth-order valence-corrected chi connectivity index (χ4v) is 7.62. The molecule has 2 aliphatic rings. The van der Waals surface area contributed by atoms with Crippen LogP contribution in [-0.2, 0) is 4.43 Å². The first-order valence-corrected chi connectivity index (χ1v) is 16.2. The fraction of sp³-hybridized carbons (Fsp3) is 0.760. The third-order valence-corrected chi connectivity index (χ3v) is 13.7. The molecule has 2 N–H and O–H groups in total. The van der Waals surface area contributed by atoms with Gasteiger partial charge in [0.25, 0.3) is 0 Å². The lowest BCUT2D eigenvalue weighted by molar-refractivity contribution is 0.0980. The summed E-state index contributed by atoms with van der Waals surface area (Å²) in [5, 5.41) is 16.2. The van der Waals surface area contributed by atoms with E-state index in [1.165, 1.54) is 42.4 Å². The van der Waals surface area contributed by atoms with Crippen molar-refractivity contribution in [2.24, 2.45) is 11.8 Å². The number of aliphatic hydroxyl groups excluding tert-OH is 1. The Morgan fingerprint density at radius 2 is 1.91 bits per heavy atom. The van der Waals surface area contributed by atoms with Gasteiger partial charge in [0.05, 0.1) is 16.3 Å². The van der Waals surface area contributed by atoms with Crippen molar-refractivity contribution in [1.29, 1.82) is 0 Å². The minimum atomic E-state index is -1.88. The van der Waals surface area contributed by atoms with Gasteiger partial charge in [-0.05, 0) is 66.6 Å². The molecule has 0 aliphatic heterocycles. The number of aromatic nitrogens is 2. The summed E-state index contributed by atoms with van der Waals surface area (Å²) in [5.41, 5.74) is 2.40. The van der Waals surface area contributed by atoms with Crippen LogP contribution in [0.15, 0.2) is 11.7 Å². The maximum Gasteiger partial charge on any atom is 0.192 e. The SMILES string of the molecule is CC(C)(C)[Si](C)(C)O[C@H]1C[C@H](c2csc3c(NCC4CCCCC4)ncnc23)C[C@H]1CO. The Hall–Kier alpha value is -1.02. The molecule has 178 valence electrons. The van der Waals surface area contributed by atoms with Crippen LogP contribution in [0.4, 0.5) is 5.82 Å². The quantitative estimate of drug-likeness (QED) is 0.444. The number of fused-ring (bicyclic) bond motifs is 1. The Labute approximate surface area is 198 Å². The smallest absolute Gasteiger partial charge is 0.192 e. The van der Waals surface area contributed by atoms with E-state index >= 15 is 0 Å². The predicted octanol–water partition coefficient (Wildman–Crippen LogP) is 6.56.